The van der Waals surface area contributed by atoms with Crippen molar-refractivity contribution in [1.82, 2.24) is 5.32 Å². The zero-order chi connectivity index (χ0) is 19.3. The van der Waals surface area contributed by atoms with Gasteiger partial charge in [0.2, 0.25) is 0 Å². The molecule has 5 heteroatoms. The van der Waals surface area contributed by atoms with Gasteiger partial charge in [0.05, 0.1) is 4.88 Å². The number of thiophene rings is 1. The highest BCUT2D eigenvalue weighted by atomic mass is 32.1. The fourth-order valence-electron chi connectivity index (χ4n) is 3.74. The minimum atomic E-state index is -0.663. The van der Waals surface area contributed by atoms with Crippen molar-refractivity contribution in [3.63, 3.8) is 0 Å². The molecular weight excluding hydrogens is 370 g/mol. The third kappa shape index (κ3) is 5.22. The van der Waals surface area contributed by atoms with E-state index in [2.05, 4.69) is 5.32 Å². The first-order valence-corrected chi connectivity index (χ1v) is 11.1. The highest BCUT2D eigenvalue weighted by molar-refractivity contribution is 7.14. The van der Waals surface area contributed by atoms with E-state index in [4.69, 9.17) is 4.74 Å². The van der Waals surface area contributed by atoms with E-state index in [1.807, 2.05) is 42.5 Å². The first-order valence-electron chi connectivity index (χ1n) is 10.3. The van der Waals surface area contributed by atoms with Crippen molar-refractivity contribution in [3.05, 3.63) is 57.8 Å². The highest BCUT2D eigenvalue weighted by Crippen LogP contribution is 2.34. The van der Waals surface area contributed by atoms with Gasteiger partial charge in [-0.05, 0) is 68.6 Å². The number of amides is 1. The standard InChI is InChI=1S/C23H27NO3S/c25-22(21-13-12-19(28-21)14-17-10-11-17)24-20(15-16-6-2-1-3-7-16)23(26)27-18-8-4-5-9-18/h1-3,6-7,12-13,17-18,20H,4-5,8-11,14-15H2,(H,24,25)/t20-/m0/s1. The molecule has 2 saturated carbocycles. The predicted octanol–water partition coefficient (Wildman–Crippen LogP) is 4.53. The van der Waals surface area contributed by atoms with Gasteiger partial charge in [0, 0.05) is 11.3 Å². The number of ether oxygens (including phenoxy) is 1. The van der Waals surface area contributed by atoms with Crippen molar-refractivity contribution in [2.24, 2.45) is 5.92 Å². The Labute approximate surface area is 170 Å². The molecule has 1 amide bonds. The summed E-state index contributed by atoms with van der Waals surface area (Å²) < 4.78 is 5.70. The SMILES string of the molecule is O=C(N[C@@H](Cc1ccccc1)C(=O)OC1CCCC1)c1ccc(CC2CC2)s1. The van der Waals surface area contributed by atoms with Gasteiger partial charge in [-0.1, -0.05) is 30.3 Å². The average molecular weight is 398 g/mol. The molecule has 0 unspecified atom stereocenters. The molecule has 0 spiro atoms. The lowest BCUT2D eigenvalue weighted by Crippen LogP contribution is -2.44. The topological polar surface area (TPSA) is 55.4 Å². The van der Waals surface area contributed by atoms with Gasteiger partial charge in [0.15, 0.2) is 0 Å². The van der Waals surface area contributed by atoms with Crippen molar-refractivity contribution in [3.8, 4) is 0 Å². The minimum Gasteiger partial charge on any atom is -0.461 e. The maximum Gasteiger partial charge on any atom is 0.329 e. The van der Waals surface area contributed by atoms with E-state index in [0.717, 1.165) is 43.6 Å². The molecule has 2 aliphatic rings. The van der Waals surface area contributed by atoms with E-state index >= 15 is 0 Å². The van der Waals surface area contributed by atoms with Crippen LogP contribution in [0.5, 0.6) is 0 Å². The normalized spacial score (nSPS) is 18.0. The Morgan fingerprint density at radius 3 is 2.50 bits per heavy atom. The van der Waals surface area contributed by atoms with Crippen LogP contribution in [0.25, 0.3) is 0 Å². The van der Waals surface area contributed by atoms with Gasteiger partial charge in [-0.25, -0.2) is 4.79 Å². The summed E-state index contributed by atoms with van der Waals surface area (Å²) >= 11 is 1.54. The van der Waals surface area contributed by atoms with Crippen molar-refractivity contribution in [2.75, 3.05) is 0 Å². The maximum atomic E-state index is 12.8. The summed E-state index contributed by atoms with van der Waals surface area (Å²) in [6, 6.07) is 13.0. The lowest BCUT2D eigenvalue weighted by molar-refractivity contribution is -0.151. The van der Waals surface area contributed by atoms with Gasteiger partial charge in [-0.15, -0.1) is 11.3 Å². The molecule has 28 heavy (non-hydrogen) atoms. The Morgan fingerprint density at radius 1 is 1.04 bits per heavy atom. The van der Waals surface area contributed by atoms with E-state index < -0.39 is 6.04 Å². The molecule has 1 N–H and O–H groups in total. The number of nitrogens with one attached hydrogen (secondary N) is 1. The summed E-state index contributed by atoms with van der Waals surface area (Å²) in [5.74, 6) is 0.289. The Morgan fingerprint density at radius 2 is 1.79 bits per heavy atom. The molecule has 0 bridgehead atoms. The Bertz CT molecular complexity index is 806. The second-order valence-electron chi connectivity index (χ2n) is 7.97. The molecule has 2 aliphatic carbocycles. The summed E-state index contributed by atoms with van der Waals surface area (Å²) in [6.45, 7) is 0. The molecule has 4 rings (SSSR count). The molecule has 2 fully saturated rings. The van der Waals surface area contributed by atoms with Gasteiger partial charge in [-0.2, -0.15) is 0 Å². The third-order valence-electron chi connectivity index (χ3n) is 5.53. The van der Waals surface area contributed by atoms with Crippen LogP contribution in [0.2, 0.25) is 0 Å². The summed E-state index contributed by atoms with van der Waals surface area (Å²) in [4.78, 5) is 27.5. The Balaban J connectivity index is 1.42. The molecule has 1 atom stereocenters. The largest absolute Gasteiger partial charge is 0.461 e. The van der Waals surface area contributed by atoms with Crippen LogP contribution in [0.4, 0.5) is 0 Å². The number of benzene rings is 1. The molecule has 1 aromatic carbocycles. The molecular formula is C23H27NO3S. The molecule has 0 radical (unpaired) electrons. The van der Waals surface area contributed by atoms with Crippen LogP contribution in [0.3, 0.4) is 0 Å². The highest BCUT2D eigenvalue weighted by Gasteiger charge is 2.28. The number of carbonyl (C=O) groups is 2. The monoisotopic (exact) mass is 397 g/mol. The smallest absolute Gasteiger partial charge is 0.329 e. The van der Waals surface area contributed by atoms with E-state index in [0.29, 0.717) is 11.3 Å². The Hall–Kier alpha value is -2.14. The molecule has 148 valence electrons. The number of rotatable bonds is 8. The molecule has 4 nitrogen and oxygen atoms in total. The van der Waals surface area contributed by atoms with Gasteiger partial charge < -0.3 is 10.1 Å². The van der Waals surface area contributed by atoms with Crippen LogP contribution in [0.15, 0.2) is 42.5 Å². The summed E-state index contributed by atoms with van der Waals surface area (Å²) in [5.41, 5.74) is 1.01. The summed E-state index contributed by atoms with van der Waals surface area (Å²) in [6.07, 6.45) is 8.15. The van der Waals surface area contributed by atoms with Crippen LogP contribution in [-0.2, 0) is 22.4 Å². The van der Waals surface area contributed by atoms with Crippen LogP contribution in [-0.4, -0.2) is 24.0 Å². The molecule has 1 aromatic heterocycles. The van der Waals surface area contributed by atoms with Crippen LogP contribution < -0.4 is 5.32 Å². The van der Waals surface area contributed by atoms with E-state index in [-0.39, 0.29) is 18.0 Å². The zero-order valence-electron chi connectivity index (χ0n) is 16.1. The van der Waals surface area contributed by atoms with Crippen LogP contribution in [0, 0.1) is 5.92 Å². The lowest BCUT2D eigenvalue weighted by atomic mass is 10.1. The first kappa shape index (κ1) is 19.2. The number of hydrogen-bond donors (Lipinski definition) is 1. The van der Waals surface area contributed by atoms with E-state index in [1.54, 1.807) is 0 Å². The van der Waals surface area contributed by atoms with Crippen LogP contribution >= 0.6 is 11.3 Å². The molecule has 1 heterocycles. The Kier molecular flexibility index (Phi) is 6.10. The van der Waals surface area contributed by atoms with Gasteiger partial charge in [-0.3, -0.25) is 4.79 Å². The van der Waals surface area contributed by atoms with Crippen molar-refractivity contribution in [1.29, 1.82) is 0 Å². The third-order valence-corrected chi connectivity index (χ3v) is 6.64. The van der Waals surface area contributed by atoms with Crippen molar-refractivity contribution >= 4 is 23.2 Å². The molecule has 2 aromatic rings. The van der Waals surface area contributed by atoms with Crippen molar-refractivity contribution in [2.45, 2.75) is 63.5 Å². The first-order chi connectivity index (χ1) is 13.7. The fourth-order valence-corrected chi connectivity index (χ4v) is 4.77. The van der Waals surface area contributed by atoms with E-state index in [1.165, 1.54) is 29.1 Å². The number of hydrogen-bond acceptors (Lipinski definition) is 4. The number of carbonyl (C=O) groups excluding carboxylic acids is 2. The molecule has 0 aliphatic heterocycles. The van der Waals surface area contributed by atoms with Gasteiger partial charge in [0.1, 0.15) is 12.1 Å². The van der Waals surface area contributed by atoms with Crippen molar-refractivity contribution < 1.29 is 14.3 Å². The van der Waals surface area contributed by atoms with Crippen LogP contribution in [0.1, 0.15) is 58.6 Å². The number of esters is 1. The second kappa shape index (κ2) is 8.91. The average Bonchev–Trinajstić information content (AvgIpc) is 3.16. The minimum absolute atomic E-state index is 0.00504. The maximum absolute atomic E-state index is 12.8. The van der Waals surface area contributed by atoms with Gasteiger partial charge >= 0.3 is 5.97 Å². The zero-order valence-corrected chi connectivity index (χ0v) is 16.9. The fraction of sp³-hybridized carbons (Fsp3) is 0.478. The quantitative estimate of drug-likeness (QED) is 0.666. The lowest BCUT2D eigenvalue weighted by Gasteiger charge is -2.20. The van der Waals surface area contributed by atoms with E-state index in [9.17, 15) is 9.59 Å². The predicted molar refractivity (Wildman–Crippen MR) is 110 cm³/mol. The van der Waals surface area contributed by atoms with Gasteiger partial charge in [0.25, 0.3) is 5.91 Å². The molecule has 0 saturated heterocycles. The summed E-state index contributed by atoms with van der Waals surface area (Å²) in [7, 11) is 0. The second-order valence-corrected chi connectivity index (χ2v) is 9.14. The summed E-state index contributed by atoms with van der Waals surface area (Å²) in [5, 5.41) is 2.93.